The van der Waals surface area contributed by atoms with Crippen LogP contribution in [0.2, 0.25) is 0 Å². The number of nitrogens with zero attached hydrogens (tertiary/aromatic N) is 4. The van der Waals surface area contributed by atoms with Crippen LogP contribution in [0.5, 0.6) is 0 Å². The van der Waals surface area contributed by atoms with Crippen LogP contribution in [0, 0.1) is 5.82 Å². The van der Waals surface area contributed by atoms with Gasteiger partial charge in [0.2, 0.25) is 0 Å². The Hall–Kier alpha value is -2.45. The molecule has 0 unspecified atom stereocenters. The molecule has 3 heterocycles. The van der Waals surface area contributed by atoms with Gasteiger partial charge in [-0.1, -0.05) is 12.1 Å². The molecule has 0 bridgehead atoms. The lowest BCUT2D eigenvalue weighted by Gasteiger charge is -2.36. The second-order valence-corrected chi connectivity index (χ2v) is 7.02. The highest BCUT2D eigenvalue weighted by Crippen LogP contribution is 2.24. The molecule has 0 N–H and O–H groups in total. The molecule has 2 aliphatic rings. The van der Waals surface area contributed by atoms with Gasteiger partial charge >= 0.3 is 0 Å². The fourth-order valence-corrected chi connectivity index (χ4v) is 3.85. The van der Waals surface area contributed by atoms with Crippen molar-refractivity contribution in [2.24, 2.45) is 0 Å². The van der Waals surface area contributed by atoms with Crippen LogP contribution in [0.1, 0.15) is 21.7 Å². The summed E-state index contributed by atoms with van der Waals surface area (Å²) in [5.74, 6) is -0.309. The maximum atomic E-state index is 14.0. The molecular formula is C20H25FN4O3. The van der Waals surface area contributed by atoms with E-state index in [4.69, 9.17) is 9.47 Å². The lowest BCUT2D eigenvalue weighted by Crippen LogP contribution is -2.49. The second kappa shape index (κ2) is 8.28. The smallest absolute Gasteiger partial charge is 0.274 e. The molecule has 2 aromatic rings. The van der Waals surface area contributed by atoms with Crippen molar-refractivity contribution in [3.8, 4) is 0 Å². The molecule has 2 aliphatic heterocycles. The summed E-state index contributed by atoms with van der Waals surface area (Å²) in [5.41, 5.74) is 3.02. The van der Waals surface area contributed by atoms with Gasteiger partial charge in [0.15, 0.2) is 5.69 Å². The van der Waals surface area contributed by atoms with Crippen molar-refractivity contribution in [2.75, 3.05) is 51.4 Å². The Labute approximate surface area is 163 Å². The summed E-state index contributed by atoms with van der Waals surface area (Å²) in [6.07, 6.45) is 0.750. The number of benzene rings is 1. The van der Waals surface area contributed by atoms with E-state index in [1.54, 1.807) is 24.1 Å². The normalized spacial score (nSPS) is 16.9. The van der Waals surface area contributed by atoms with Gasteiger partial charge < -0.3 is 19.3 Å². The van der Waals surface area contributed by atoms with Gasteiger partial charge in [0.25, 0.3) is 5.91 Å². The van der Waals surface area contributed by atoms with Crippen LogP contribution in [-0.4, -0.2) is 67.1 Å². The van der Waals surface area contributed by atoms with E-state index in [1.807, 2.05) is 15.6 Å². The molecule has 0 spiro atoms. The molecule has 4 rings (SSSR count). The second-order valence-electron chi connectivity index (χ2n) is 7.02. The summed E-state index contributed by atoms with van der Waals surface area (Å²) in [4.78, 5) is 16.9. The molecule has 0 aliphatic carbocycles. The first-order valence-corrected chi connectivity index (χ1v) is 9.63. The molecular weight excluding hydrogens is 363 g/mol. The van der Waals surface area contributed by atoms with Gasteiger partial charge in [-0.3, -0.25) is 9.48 Å². The summed E-state index contributed by atoms with van der Waals surface area (Å²) in [6, 6.07) is 6.75. The number of piperazine rings is 1. The first kappa shape index (κ1) is 18.9. The summed E-state index contributed by atoms with van der Waals surface area (Å²) in [7, 11) is 1.65. The molecule has 0 saturated carbocycles. The molecule has 7 nitrogen and oxygen atoms in total. The number of para-hydroxylation sites is 1. The molecule has 1 aromatic heterocycles. The number of halogens is 1. The van der Waals surface area contributed by atoms with Crippen molar-refractivity contribution in [1.82, 2.24) is 14.7 Å². The highest BCUT2D eigenvalue weighted by atomic mass is 19.1. The SMILES string of the molecule is COCCn1nc(C(=O)N2CCN(c3ccccc3F)CC2)c2c1CCOC2. The number of aromatic nitrogens is 2. The zero-order chi connectivity index (χ0) is 19.5. The largest absolute Gasteiger partial charge is 0.383 e. The zero-order valence-corrected chi connectivity index (χ0v) is 16.1. The number of hydrogen-bond donors (Lipinski definition) is 0. The predicted octanol–water partition coefficient (Wildman–Crippen LogP) is 1.70. The van der Waals surface area contributed by atoms with Gasteiger partial charge in [-0.05, 0) is 12.1 Å². The van der Waals surface area contributed by atoms with Crippen molar-refractivity contribution in [3.63, 3.8) is 0 Å². The average molecular weight is 388 g/mol. The van der Waals surface area contributed by atoms with Crippen LogP contribution in [0.4, 0.5) is 10.1 Å². The number of anilines is 1. The molecule has 0 atom stereocenters. The number of carbonyl (C=O) groups excluding carboxylic acids is 1. The topological polar surface area (TPSA) is 59.8 Å². The quantitative estimate of drug-likeness (QED) is 0.780. The Bertz CT molecular complexity index is 846. The molecule has 28 heavy (non-hydrogen) atoms. The van der Waals surface area contributed by atoms with E-state index >= 15 is 0 Å². The third kappa shape index (κ3) is 3.62. The highest BCUT2D eigenvalue weighted by Gasteiger charge is 2.30. The Balaban J connectivity index is 1.48. The minimum atomic E-state index is -0.231. The monoisotopic (exact) mass is 388 g/mol. The van der Waals surface area contributed by atoms with Crippen LogP contribution < -0.4 is 4.90 Å². The Morgan fingerprint density at radius 2 is 2.04 bits per heavy atom. The van der Waals surface area contributed by atoms with Gasteiger partial charge in [0.1, 0.15) is 5.82 Å². The molecule has 0 radical (unpaired) electrons. The number of fused-ring (bicyclic) bond motifs is 1. The van der Waals surface area contributed by atoms with Crippen molar-refractivity contribution in [1.29, 1.82) is 0 Å². The van der Waals surface area contributed by atoms with Crippen molar-refractivity contribution >= 4 is 11.6 Å². The molecule has 1 fully saturated rings. The number of carbonyl (C=O) groups is 1. The van der Waals surface area contributed by atoms with Crippen molar-refractivity contribution in [3.05, 3.63) is 47.0 Å². The van der Waals surface area contributed by atoms with E-state index in [9.17, 15) is 9.18 Å². The van der Waals surface area contributed by atoms with Crippen LogP contribution in [0.3, 0.4) is 0 Å². The Morgan fingerprint density at radius 3 is 2.79 bits per heavy atom. The van der Waals surface area contributed by atoms with E-state index in [1.165, 1.54) is 6.07 Å². The third-order valence-corrected chi connectivity index (χ3v) is 5.37. The summed E-state index contributed by atoms with van der Waals surface area (Å²) >= 11 is 0. The first-order chi connectivity index (χ1) is 13.7. The number of hydrogen-bond acceptors (Lipinski definition) is 5. The maximum Gasteiger partial charge on any atom is 0.274 e. The first-order valence-electron chi connectivity index (χ1n) is 9.63. The van der Waals surface area contributed by atoms with Gasteiger partial charge in [-0.15, -0.1) is 0 Å². The Kier molecular flexibility index (Phi) is 5.59. The van der Waals surface area contributed by atoms with E-state index in [0.717, 1.165) is 17.7 Å². The lowest BCUT2D eigenvalue weighted by atomic mass is 10.1. The van der Waals surface area contributed by atoms with Crippen molar-refractivity contribution in [2.45, 2.75) is 19.6 Å². The van der Waals surface area contributed by atoms with Crippen LogP contribution >= 0.6 is 0 Å². The highest BCUT2D eigenvalue weighted by molar-refractivity contribution is 5.94. The predicted molar refractivity (Wildman–Crippen MR) is 102 cm³/mol. The molecule has 1 saturated heterocycles. The molecule has 8 heteroatoms. The summed E-state index contributed by atoms with van der Waals surface area (Å²) in [5, 5.41) is 4.59. The van der Waals surface area contributed by atoms with Crippen LogP contribution in [0.25, 0.3) is 0 Å². The fraction of sp³-hybridized carbons (Fsp3) is 0.500. The molecule has 1 amide bonds. The van der Waals surface area contributed by atoms with E-state index in [-0.39, 0.29) is 11.7 Å². The number of ether oxygens (including phenoxy) is 2. The summed E-state index contributed by atoms with van der Waals surface area (Å²) < 4.78 is 26.6. The fourth-order valence-electron chi connectivity index (χ4n) is 3.85. The van der Waals surface area contributed by atoms with Gasteiger partial charge in [-0.25, -0.2) is 4.39 Å². The number of amides is 1. The standard InChI is InChI=1S/C20H25FN4O3/c1-27-13-11-25-17-6-12-28-14-15(17)19(22-25)20(26)24-9-7-23(8-10-24)18-5-3-2-4-16(18)21/h2-5H,6-14H2,1H3. The minimum absolute atomic E-state index is 0.0777. The average Bonchev–Trinajstić information content (AvgIpc) is 3.11. The lowest BCUT2D eigenvalue weighted by molar-refractivity contribution is 0.0727. The van der Waals surface area contributed by atoms with Crippen LogP contribution in [-0.2, 0) is 29.0 Å². The maximum absolute atomic E-state index is 14.0. The number of rotatable bonds is 5. The van der Waals surface area contributed by atoms with Crippen molar-refractivity contribution < 1.29 is 18.7 Å². The van der Waals surface area contributed by atoms with Gasteiger partial charge in [-0.2, -0.15) is 5.10 Å². The third-order valence-electron chi connectivity index (χ3n) is 5.37. The minimum Gasteiger partial charge on any atom is -0.383 e. The van der Waals surface area contributed by atoms with E-state index in [0.29, 0.717) is 63.9 Å². The molecule has 150 valence electrons. The van der Waals surface area contributed by atoms with E-state index < -0.39 is 0 Å². The van der Waals surface area contributed by atoms with Gasteiger partial charge in [0, 0.05) is 51.0 Å². The van der Waals surface area contributed by atoms with E-state index in [2.05, 4.69) is 5.10 Å². The van der Waals surface area contributed by atoms with Crippen LogP contribution in [0.15, 0.2) is 24.3 Å². The number of methoxy groups -OCH3 is 1. The summed E-state index contributed by atoms with van der Waals surface area (Å²) in [6.45, 7) is 4.48. The zero-order valence-electron chi connectivity index (χ0n) is 16.1. The van der Waals surface area contributed by atoms with Gasteiger partial charge in [0.05, 0.1) is 32.1 Å². The Morgan fingerprint density at radius 1 is 1.25 bits per heavy atom. The molecule has 1 aromatic carbocycles.